The number of aryl methyl sites for hydroxylation is 4. The van der Waals surface area contributed by atoms with Gasteiger partial charge in [-0.05, 0) is 186 Å². The van der Waals surface area contributed by atoms with Crippen molar-refractivity contribution in [1.82, 2.24) is 0 Å². The Morgan fingerprint density at radius 1 is 0.455 bits per heavy atom. The molecule has 0 aliphatic heterocycles. The summed E-state index contributed by atoms with van der Waals surface area (Å²) in [4.78, 5) is 0. The minimum atomic E-state index is -6.05. The smallest absolute Gasteiger partial charge is 0.375 e. The maximum atomic E-state index is 13.2. The highest BCUT2D eigenvalue weighted by Gasteiger charge is 2.61. The minimum absolute atomic E-state index is 0.0626. The molecule has 0 heterocycles. The first-order valence-electron chi connectivity index (χ1n) is 21.0. The number of benzene rings is 4. The number of hydrogen-bond donors (Lipinski definition) is 0. The zero-order chi connectivity index (χ0) is 49.9. The largest absolute Gasteiger partial charge is 0.534 e. The van der Waals surface area contributed by atoms with Crippen LogP contribution in [-0.4, -0.2) is 27.9 Å². The second-order valence-corrected chi connectivity index (χ2v) is 27.6. The van der Waals surface area contributed by atoms with E-state index in [4.69, 9.17) is 0 Å². The molecule has 360 valence electrons. The average molecular weight is 1220 g/mol. The van der Waals surface area contributed by atoms with Gasteiger partial charge in [-0.3, -0.25) is 0 Å². The highest BCUT2D eigenvalue weighted by Crippen LogP contribution is 2.68. The summed E-state index contributed by atoms with van der Waals surface area (Å²) in [5.41, 5.74) is -2.30. The van der Waals surface area contributed by atoms with Crippen LogP contribution in [0.4, 0.5) is 26.3 Å². The fraction of sp³-hybridized carbons (Fsp3) is 0.500. The Morgan fingerprint density at radius 2 is 0.712 bits per heavy atom. The normalized spacial score (nSPS) is 20.1. The summed E-state index contributed by atoms with van der Waals surface area (Å²) in [7, 11) is -12.1. The lowest BCUT2D eigenvalue weighted by Gasteiger charge is -2.32. The van der Waals surface area contributed by atoms with E-state index in [1.807, 2.05) is 27.7 Å². The lowest BCUT2D eigenvalue weighted by atomic mass is 9.72. The van der Waals surface area contributed by atoms with Crippen molar-refractivity contribution in [3.8, 4) is 11.5 Å². The Balaban J connectivity index is 0.000000220. The average Bonchev–Trinajstić information content (AvgIpc) is 3.66. The van der Waals surface area contributed by atoms with Crippen molar-refractivity contribution in [2.75, 3.05) is 0 Å². The molecule has 0 saturated heterocycles. The number of rotatable bonds is 4. The van der Waals surface area contributed by atoms with Gasteiger partial charge in [0.05, 0.1) is 8.95 Å². The summed E-state index contributed by atoms with van der Waals surface area (Å²) in [5.74, 6) is -1.16. The van der Waals surface area contributed by atoms with E-state index in [0.717, 1.165) is 0 Å². The molecule has 66 heavy (non-hydrogen) atoms. The van der Waals surface area contributed by atoms with Gasteiger partial charge in [-0.25, -0.2) is 0 Å². The van der Waals surface area contributed by atoms with Gasteiger partial charge < -0.3 is 8.37 Å². The van der Waals surface area contributed by atoms with Crippen LogP contribution >= 0.6 is 63.7 Å². The SMILES string of the molecule is Cc1cc(Br)c2c(c1)C(C)(C)CC21CC(C)(C)c2cc(C)cc(Br)c21.Cc1cc2c(c(Br)c1OS(=O)(=O)C(F)(F)F)C1(CC2(C)C)CC(C)(C)c2cc(C)c(OS(=O)(=O)C(F)(F)F)c(Br)c21. The maximum absolute atomic E-state index is 13.2. The third-order valence-corrected chi connectivity index (χ3v) is 18.7. The Bertz CT molecular complexity index is 2790. The Morgan fingerprint density at radius 3 is 0.985 bits per heavy atom. The van der Waals surface area contributed by atoms with Gasteiger partial charge in [0.1, 0.15) is 0 Å². The molecule has 0 amide bonds. The molecule has 4 aliphatic carbocycles. The van der Waals surface area contributed by atoms with Crippen molar-refractivity contribution in [3.63, 3.8) is 0 Å². The molecule has 18 heteroatoms. The lowest BCUT2D eigenvalue weighted by molar-refractivity contribution is -0.0505. The van der Waals surface area contributed by atoms with Crippen molar-refractivity contribution < 1.29 is 51.5 Å². The van der Waals surface area contributed by atoms with E-state index in [-0.39, 0.29) is 36.3 Å². The van der Waals surface area contributed by atoms with Crippen molar-refractivity contribution in [2.45, 2.75) is 152 Å². The summed E-state index contributed by atoms with van der Waals surface area (Å²) in [6, 6.07) is 12.5. The van der Waals surface area contributed by atoms with E-state index in [1.54, 1.807) is 0 Å². The minimum Gasteiger partial charge on any atom is -0.375 e. The monoisotopic (exact) mass is 1220 g/mol. The van der Waals surface area contributed by atoms with E-state index >= 15 is 0 Å². The number of hydrogen-bond acceptors (Lipinski definition) is 6. The molecule has 0 N–H and O–H groups in total. The zero-order valence-electron chi connectivity index (χ0n) is 38.3. The second kappa shape index (κ2) is 15.7. The first-order valence-corrected chi connectivity index (χ1v) is 27.0. The molecule has 4 aromatic rings. The molecule has 2 spiro atoms. The highest BCUT2D eigenvalue weighted by molar-refractivity contribution is 9.11. The van der Waals surface area contributed by atoms with Crippen molar-refractivity contribution in [2.24, 2.45) is 0 Å². The number of fused-ring (bicyclic) bond motifs is 8. The van der Waals surface area contributed by atoms with Crippen LogP contribution in [0.25, 0.3) is 0 Å². The van der Waals surface area contributed by atoms with E-state index in [9.17, 15) is 43.2 Å². The highest BCUT2D eigenvalue weighted by atomic mass is 79.9. The molecule has 6 nitrogen and oxygen atoms in total. The lowest BCUT2D eigenvalue weighted by Crippen LogP contribution is -2.30. The Kier molecular flexibility index (Phi) is 12.3. The van der Waals surface area contributed by atoms with Crippen molar-refractivity contribution in [1.29, 1.82) is 0 Å². The van der Waals surface area contributed by atoms with Gasteiger partial charge in [-0.1, -0.05) is 112 Å². The van der Waals surface area contributed by atoms with E-state index in [1.165, 1.54) is 81.1 Å². The summed E-state index contributed by atoms with van der Waals surface area (Å²) in [6.07, 6.45) is 2.95. The van der Waals surface area contributed by atoms with Gasteiger partial charge in [0.15, 0.2) is 11.5 Å². The van der Waals surface area contributed by atoms with Crippen molar-refractivity contribution in [3.05, 3.63) is 121 Å². The molecule has 0 aromatic heterocycles. The third kappa shape index (κ3) is 7.95. The molecule has 4 aliphatic rings. The first kappa shape index (κ1) is 51.7. The molecule has 8 rings (SSSR count). The molecule has 0 fully saturated rings. The first-order chi connectivity index (χ1) is 29.7. The summed E-state index contributed by atoms with van der Waals surface area (Å²) in [5, 5.41) is 0. The molecule has 0 saturated carbocycles. The molecule has 0 unspecified atom stereocenters. The molecule has 4 aromatic carbocycles. The van der Waals surface area contributed by atoms with Gasteiger partial charge in [0.2, 0.25) is 0 Å². The quantitative estimate of drug-likeness (QED) is 0.115. The van der Waals surface area contributed by atoms with Gasteiger partial charge in [0.25, 0.3) is 0 Å². The predicted molar refractivity (Wildman–Crippen MR) is 259 cm³/mol. The fourth-order valence-corrected chi connectivity index (χ4v) is 17.2. The standard InChI is InChI=1S/C25H24Br2F6O6S2.C23H26Br2/c1-11-7-13-15(17(26)19(11)38-40(34,35)24(28,29)30)23(9-21(13,3)4)10-22(5,6)14-8-12(2)20(18(27)16(14)23)39-41(36,37)25(31,32)33;1-13-7-15-19(17(24)9-13)23(11-21(15,3)4)12-22(5,6)16-8-14(2)10-18(25)20(16)23/h7-8H,9-10H2,1-6H3;7-10H,11-12H2,1-6H3. The van der Waals surface area contributed by atoms with Gasteiger partial charge in [0, 0.05) is 19.8 Å². The second-order valence-electron chi connectivity index (χ2n) is 21.2. The van der Waals surface area contributed by atoms with Crippen molar-refractivity contribution >= 4 is 84.0 Å². The fourth-order valence-electron chi connectivity index (χ4n) is 12.0. The van der Waals surface area contributed by atoms with Gasteiger partial charge in [-0.2, -0.15) is 43.2 Å². The molecular weight excluding hydrogens is 1170 g/mol. The van der Waals surface area contributed by atoms with E-state index in [0.29, 0.717) is 35.1 Å². The number of halogens is 10. The van der Waals surface area contributed by atoms with Crippen LogP contribution in [-0.2, 0) is 52.7 Å². The zero-order valence-corrected chi connectivity index (χ0v) is 46.3. The van der Waals surface area contributed by atoms with Crippen LogP contribution in [0.1, 0.15) is 148 Å². The maximum Gasteiger partial charge on any atom is 0.534 e. The Hall–Kier alpha value is -2.12. The summed E-state index contributed by atoms with van der Waals surface area (Å²) >= 11 is 14.5. The molecular formula is C48H50Br4F6O6S2. The van der Waals surface area contributed by atoms with Crippen LogP contribution < -0.4 is 8.37 Å². The van der Waals surface area contributed by atoms with E-state index < -0.39 is 59.0 Å². The van der Waals surface area contributed by atoms with Crippen LogP contribution in [0.15, 0.2) is 54.3 Å². The van der Waals surface area contributed by atoms with Crippen LogP contribution in [0, 0.1) is 27.7 Å². The summed E-state index contributed by atoms with van der Waals surface area (Å²) in [6.45, 7) is 24.4. The van der Waals surface area contributed by atoms with Crippen LogP contribution in [0.2, 0.25) is 0 Å². The Labute approximate surface area is 417 Å². The molecule has 0 atom stereocenters. The molecule has 0 bridgehead atoms. The van der Waals surface area contributed by atoms with Crippen LogP contribution in [0.3, 0.4) is 0 Å². The topological polar surface area (TPSA) is 86.7 Å². The van der Waals surface area contributed by atoms with Crippen LogP contribution in [0.5, 0.6) is 11.5 Å². The third-order valence-electron chi connectivity index (χ3n) is 14.0. The molecule has 0 radical (unpaired) electrons. The predicted octanol–water partition coefficient (Wildman–Crippen LogP) is 15.4. The summed E-state index contributed by atoms with van der Waals surface area (Å²) < 4.78 is 139. The van der Waals surface area contributed by atoms with Gasteiger partial charge >= 0.3 is 31.3 Å². The number of alkyl halides is 6. The van der Waals surface area contributed by atoms with Gasteiger partial charge in [-0.15, -0.1) is 0 Å². The van der Waals surface area contributed by atoms with E-state index in [2.05, 4.69) is 138 Å².